The zero-order valence-corrected chi connectivity index (χ0v) is 17.3. The Morgan fingerprint density at radius 2 is 1.93 bits per heavy atom. The van der Waals surface area contributed by atoms with Crippen LogP contribution >= 0.6 is 0 Å². The van der Waals surface area contributed by atoms with Gasteiger partial charge in [-0.3, -0.25) is 4.79 Å². The molecule has 1 aliphatic rings. The van der Waals surface area contributed by atoms with E-state index in [0.717, 1.165) is 61.4 Å². The van der Waals surface area contributed by atoms with Gasteiger partial charge in [0.2, 0.25) is 5.91 Å². The van der Waals surface area contributed by atoms with Crippen LogP contribution in [0.4, 0.5) is 0 Å². The van der Waals surface area contributed by atoms with E-state index in [1.54, 1.807) is 6.92 Å². The van der Waals surface area contributed by atoms with Crippen LogP contribution in [0.15, 0.2) is 48.5 Å². The molecule has 1 fully saturated rings. The molecule has 0 radical (unpaired) electrons. The van der Waals surface area contributed by atoms with Gasteiger partial charge in [-0.1, -0.05) is 30.3 Å². The monoisotopic (exact) mass is 391 g/mol. The van der Waals surface area contributed by atoms with Gasteiger partial charge >= 0.3 is 0 Å². The topological polar surface area (TPSA) is 47.4 Å². The van der Waals surface area contributed by atoms with Gasteiger partial charge in [0.1, 0.15) is 11.6 Å². The maximum atomic E-state index is 12.1. The lowest BCUT2D eigenvalue weighted by molar-refractivity contribution is -0.129. The number of hydrogen-bond donors (Lipinski definition) is 0. The van der Waals surface area contributed by atoms with Crippen LogP contribution in [0.5, 0.6) is 5.75 Å². The minimum Gasteiger partial charge on any atom is -0.493 e. The highest BCUT2D eigenvalue weighted by molar-refractivity contribution is 5.77. The number of carbonyl (C=O) groups is 1. The molecule has 1 atom stereocenters. The molecule has 2 aromatic carbocycles. The van der Waals surface area contributed by atoms with Crippen molar-refractivity contribution in [1.82, 2.24) is 14.5 Å². The molecular formula is C24H29N3O2. The number of carbonyl (C=O) groups excluding carboxylic acids is 1. The Balaban J connectivity index is 1.46. The molecule has 29 heavy (non-hydrogen) atoms. The number of ether oxygens (including phenoxy) is 1. The lowest BCUT2D eigenvalue weighted by Gasteiger charge is -2.24. The van der Waals surface area contributed by atoms with E-state index in [4.69, 9.17) is 9.72 Å². The van der Waals surface area contributed by atoms with E-state index in [1.165, 1.54) is 5.56 Å². The number of rotatable bonds is 7. The molecule has 0 saturated carbocycles. The molecule has 0 bridgehead atoms. The Hall–Kier alpha value is -2.82. The number of likely N-dealkylation sites (tertiary alicyclic amines) is 1. The SMILES string of the molecule is CC(=O)N1CCC[C@H]1c1nc2ccccc2n1CCCCOc1ccccc1C. The third-order valence-corrected chi connectivity index (χ3v) is 5.77. The fourth-order valence-corrected chi connectivity index (χ4v) is 4.27. The Morgan fingerprint density at radius 1 is 1.14 bits per heavy atom. The second-order valence-corrected chi connectivity index (χ2v) is 7.80. The molecule has 0 N–H and O–H groups in total. The summed E-state index contributed by atoms with van der Waals surface area (Å²) in [5, 5.41) is 0. The van der Waals surface area contributed by atoms with Gasteiger partial charge < -0.3 is 14.2 Å². The first-order valence-electron chi connectivity index (χ1n) is 10.6. The molecule has 5 heteroatoms. The van der Waals surface area contributed by atoms with E-state index in [-0.39, 0.29) is 11.9 Å². The second-order valence-electron chi connectivity index (χ2n) is 7.80. The molecule has 152 valence electrons. The van der Waals surface area contributed by atoms with Crippen LogP contribution in [0.25, 0.3) is 11.0 Å². The van der Waals surface area contributed by atoms with Gasteiger partial charge in [-0.2, -0.15) is 0 Å². The van der Waals surface area contributed by atoms with Gasteiger partial charge in [-0.15, -0.1) is 0 Å². The van der Waals surface area contributed by atoms with E-state index in [0.29, 0.717) is 6.61 Å². The van der Waals surface area contributed by atoms with Crippen LogP contribution in [0.1, 0.15) is 50.0 Å². The minimum atomic E-state index is 0.0862. The highest BCUT2D eigenvalue weighted by Gasteiger charge is 2.31. The lowest BCUT2D eigenvalue weighted by Crippen LogP contribution is -2.30. The minimum absolute atomic E-state index is 0.0862. The lowest BCUT2D eigenvalue weighted by atomic mass is 10.2. The Labute approximate surface area is 172 Å². The maximum absolute atomic E-state index is 12.1. The third kappa shape index (κ3) is 4.14. The van der Waals surface area contributed by atoms with Crippen molar-refractivity contribution in [1.29, 1.82) is 0 Å². The Morgan fingerprint density at radius 3 is 2.76 bits per heavy atom. The average molecular weight is 392 g/mol. The van der Waals surface area contributed by atoms with Crippen molar-refractivity contribution in [2.45, 2.75) is 52.1 Å². The number of aryl methyl sites for hydroxylation is 2. The number of hydrogen-bond acceptors (Lipinski definition) is 3. The van der Waals surface area contributed by atoms with Crippen LogP contribution in [0.2, 0.25) is 0 Å². The fourth-order valence-electron chi connectivity index (χ4n) is 4.27. The van der Waals surface area contributed by atoms with Gasteiger partial charge in [0, 0.05) is 20.0 Å². The van der Waals surface area contributed by atoms with Crippen LogP contribution in [-0.4, -0.2) is 33.5 Å². The predicted octanol–water partition coefficient (Wildman–Crippen LogP) is 4.89. The van der Waals surface area contributed by atoms with Crippen LogP contribution in [-0.2, 0) is 11.3 Å². The number of unbranched alkanes of at least 4 members (excludes halogenated alkanes) is 1. The van der Waals surface area contributed by atoms with E-state index < -0.39 is 0 Å². The predicted molar refractivity (Wildman–Crippen MR) is 115 cm³/mol. The zero-order valence-electron chi connectivity index (χ0n) is 17.3. The smallest absolute Gasteiger partial charge is 0.220 e. The van der Waals surface area contributed by atoms with Crippen molar-refractivity contribution >= 4 is 16.9 Å². The molecule has 1 aromatic heterocycles. The summed E-state index contributed by atoms with van der Waals surface area (Å²) in [4.78, 5) is 19.0. The van der Waals surface area contributed by atoms with E-state index in [9.17, 15) is 4.79 Å². The van der Waals surface area contributed by atoms with Gasteiger partial charge in [0.25, 0.3) is 0 Å². The van der Waals surface area contributed by atoms with E-state index in [1.807, 2.05) is 29.2 Å². The number of para-hydroxylation sites is 3. The van der Waals surface area contributed by atoms with E-state index in [2.05, 4.69) is 35.8 Å². The summed E-state index contributed by atoms with van der Waals surface area (Å²) in [6.45, 7) is 6.15. The van der Waals surface area contributed by atoms with Gasteiger partial charge in [0.05, 0.1) is 23.7 Å². The summed E-state index contributed by atoms with van der Waals surface area (Å²) < 4.78 is 8.26. The first-order chi connectivity index (χ1) is 14.1. The summed E-state index contributed by atoms with van der Waals surface area (Å²) in [5.74, 6) is 2.13. The molecule has 3 aromatic rings. The molecule has 0 unspecified atom stereocenters. The highest BCUT2D eigenvalue weighted by atomic mass is 16.5. The summed E-state index contributed by atoms with van der Waals surface area (Å²) in [6.07, 6.45) is 4.00. The van der Waals surface area contributed by atoms with Crippen molar-refractivity contribution in [3.05, 3.63) is 59.9 Å². The number of fused-ring (bicyclic) bond motifs is 1. The molecular weight excluding hydrogens is 362 g/mol. The van der Waals surface area contributed by atoms with Crippen molar-refractivity contribution in [3.8, 4) is 5.75 Å². The maximum Gasteiger partial charge on any atom is 0.220 e. The standard InChI is InChI=1S/C24H29N3O2/c1-18-10-3-6-14-23(18)29-17-8-7-15-27-21-12-5-4-11-20(21)25-24(27)22-13-9-16-26(22)19(2)28/h3-6,10-12,14,22H,7-9,13,15-17H2,1-2H3/t22-/m0/s1. The first kappa shape index (κ1) is 19.5. The van der Waals surface area contributed by atoms with Crippen molar-refractivity contribution < 1.29 is 9.53 Å². The summed E-state index contributed by atoms with van der Waals surface area (Å²) in [7, 11) is 0. The molecule has 1 saturated heterocycles. The van der Waals surface area contributed by atoms with Crippen LogP contribution < -0.4 is 4.74 Å². The quantitative estimate of drug-likeness (QED) is 0.539. The molecule has 1 amide bonds. The Kier molecular flexibility index (Phi) is 5.84. The third-order valence-electron chi connectivity index (χ3n) is 5.77. The zero-order chi connectivity index (χ0) is 20.2. The largest absolute Gasteiger partial charge is 0.493 e. The molecule has 5 nitrogen and oxygen atoms in total. The Bertz CT molecular complexity index is 995. The molecule has 0 spiro atoms. The number of nitrogens with zero attached hydrogens (tertiary/aromatic N) is 3. The molecule has 0 aliphatic carbocycles. The summed E-state index contributed by atoms with van der Waals surface area (Å²) in [5.41, 5.74) is 3.33. The summed E-state index contributed by atoms with van der Waals surface area (Å²) >= 11 is 0. The van der Waals surface area contributed by atoms with Gasteiger partial charge in [-0.05, 0) is 56.4 Å². The van der Waals surface area contributed by atoms with Gasteiger partial charge in [-0.25, -0.2) is 4.98 Å². The van der Waals surface area contributed by atoms with Gasteiger partial charge in [0.15, 0.2) is 0 Å². The first-order valence-corrected chi connectivity index (χ1v) is 10.6. The highest BCUT2D eigenvalue weighted by Crippen LogP contribution is 2.33. The number of benzene rings is 2. The number of amides is 1. The number of imidazole rings is 1. The normalized spacial score (nSPS) is 16.5. The molecule has 1 aliphatic heterocycles. The average Bonchev–Trinajstić information content (AvgIpc) is 3.34. The van der Waals surface area contributed by atoms with Crippen LogP contribution in [0, 0.1) is 6.92 Å². The molecule has 4 rings (SSSR count). The van der Waals surface area contributed by atoms with Crippen LogP contribution in [0.3, 0.4) is 0 Å². The fraction of sp³-hybridized carbons (Fsp3) is 0.417. The second kappa shape index (κ2) is 8.68. The van der Waals surface area contributed by atoms with Crippen molar-refractivity contribution in [3.63, 3.8) is 0 Å². The van der Waals surface area contributed by atoms with Crippen molar-refractivity contribution in [2.75, 3.05) is 13.2 Å². The van der Waals surface area contributed by atoms with E-state index >= 15 is 0 Å². The molecule has 2 heterocycles. The van der Waals surface area contributed by atoms with Crippen molar-refractivity contribution in [2.24, 2.45) is 0 Å². The summed E-state index contributed by atoms with van der Waals surface area (Å²) in [6, 6.07) is 16.5. The number of aromatic nitrogens is 2.